The number of aromatic nitrogens is 1. The Bertz CT molecular complexity index is 822. The zero-order chi connectivity index (χ0) is 19.3. The standard InChI is InChI=1S/C22H27N3O3/c26-21(13-25-6-5-18-3-1-2-4-19(18)12-25)11-24-22(27)20-8-16(9-23-10-20)7-17-14-28-15-17/h1-4,8-10,17,21,26H,5-7,11-15H2,(H,24,27)/t21-/m0/s1. The van der Waals surface area contributed by atoms with Gasteiger partial charge in [0.25, 0.3) is 5.91 Å². The predicted octanol–water partition coefficient (Wildman–Crippen LogP) is 1.42. The van der Waals surface area contributed by atoms with Crippen LogP contribution in [0.5, 0.6) is 0 Å². The number of nitrogens with one attached hydrogen (secondary N) is 1. The first-order chi connectivity index (χ1) is 13.7. The third-order valence-electron chi connectivity index (χ3n) is 5.47. The molecule has 6 nitrogen and oxygen atoms in total. The van der Waals surface area contributed by atoms with Gasteiger partial charge in [0, 0.05) is 44.5 Å². The first kappa shape index (κ1) is 19.1. The molecule has 6 heteroatoms. The summed E-state index contributed by atoms with van der Waals surface area (Å²) in [5, 5.41) is 13.2. The number of ether oxygens (including phenoxy) is 1. The summed E-state index contributed by atoms with van der Waals surface area (Å²) in [6.45, 7) is 4.12. The fraction of sp³-hybridized carbons (Fsp3) is 0.455. The van der Waals surface area contributed by atoms with E-state index in [1.165, 1.54) is 11.1 Å². The van der Waals surface area contributed by atoms with Gasteiger partial charge < -0.3 is 15.2 Å². The molecule has 0 unspecified atom stereocenters. The van der Waals surface area contributed by atoms with E-state index in [0.29, 0.717) is 18.0 Å². The molecule has 1 saturated heterocycles. The van der Waals surface area contributed by atoms with Crippen LogP contribution in [0.15, 0.2) is 42.7 Å². The van der Waals surface area contributed by atoms with Crippen LogP contribution in [-0.2, 0) is 24.1 Å². The normalized spacial score (nSPS) is 18.2. The molecule has 1 fully saturated rings. The monoisotopic (exact) mass is 381 g/mol. The number of β-amino-alcohol motifs (C(OH)–C–C–N with tert-alkyl or cyclic N) is 1. The van der Waals surface area contributed by atoms with Crippen LogP contribution in [0.25, 0.3) is 0 Å². The minimum absolute atomic E-state index is 0.192. The third-order valence-corrected chi connectivity index (χ3v) is 5.47. The number of carbonyl (C=O) groups is 1. The highest BCUT2D eigenvalue weighted by atomic mass is 16.5. The van der Waals surface area contributed by atoms with Crippen molar-refractivity contribution in [2.75, 3.05) is 32.8 Å². The molecule has 148 valence electrons. The third kappa shape index (κ3) is 4.76. The molecular formula is C22H27N3O3. The lowest BCUT2D eigenvalue weighted by atomic mass is 9.98. The molecule has 3 heterocycles. The summed E-state index contributed by atoms with van der Waals surface area (Å²) in [6.07, 6.45) is 4.66. The van der Waals surface area contributed by atoms with Crippen LogP contribution in [0.2, 0.25) is 0 Å². The number of carbonyl (C=O) groups excluding carboxylic acids is 1. The van der Waals surface area contributed by atoms with E-state index in [0.717, 1.165) is 44.7 Å². The van der Waals surface area contributed by atoms with Crippen molar-refractivity contribution >= 4 is 5.91 Å². The number of pyridine rings is 1. The van der Waals surface area contributed by atoms with Crippen LogP contribution >= 0.6 is 0 Å². The lowest BCUT2D eigenvalue weighted by Gasteiger charge is -2.30. The molecule has 0 spiro atoms. The molecule has 2 N–H and O–H groups in total. The number of nitrogens with zero attached hydrogens (tertiary/aromatic N) is 2. The second-order valence-electron chi connectivity index (χ2n) is 7.81. The van der Waals surface area contributed by atoms with E-state index < -0.39 is 6.10 Å². The second-order valence-corrected chi connectivity index (χ2v) is 7.81. The van der Waals surface area contributed by atoms with Crippen LogP contribution in [0, 0.1) is 5.92 Å². The zero-order valence-electron chi connectivity index (χ0n) is 16.0. The van der Waals surface area contributed by atoms with Gasteiger partial charge in [-0.15, -0.1) is 0 Å². The van der Waals surface area contributed by atoms with Crippen molar-refractivity contribution in [3.63, 3.8) is 0 Å². The summed E-state index contributed by atoms with van der Waals surface area (Å²) >= 11 is 0. The maximum absolute atomic E-state index is 12.4. The number of amides is 1. The van der Waals surface area contributed by atoms with E-state index in [2.05, 4.69) is 39.5 Å². The van der Waals surface area contributed by atoms with Gasteiger partial charge in [0.05, 0.1) is 24.9 Å². The molecule has 0 radical (unpaired) electrons. The van der Waals surface area contributed by atoms with Gasteiger partial charge in [0.1, 0.15) is 0 Å². The van der Waals surface area contributed by atoms with Crippen LogP contribution < -0.4 is 5.32 Å². The molecule has 1 amide bonds. The Morgan fingerprint density at radius 2 is 2.11 bits per heavy atom. The Kier molecular flexibility index (Phi) is 6.00. The van der Waals surface area contributed by atoms with Gasteiger partial charge in [-0.25, -0.2) is 0 Å². The minimum Gasteiger partial charge on any atom is -0.390 e. The zero-order valence-corrected chi connectivity index (χ0v) is 16.0. The number of hydrogen-bond donors (Lipinski definition) is 2. The van der Waals surface area contributed by atoms with Crippen LogP contribution in [0.4, 0.5) is 0 Å². The highest BCUT2D eigenvalue weighted by Crippen LogP contribution is 2.19. The lowest BCUT2D eigenvalue weighted by molar-refractivity contribution is -0.0312. The number of rotatable bonds is 7. The molecule has 1 atom stereocenters. The summed E-state index contributed by atoms with van der Waals surface area (Å²) in [5.41, 5.74) is 4.30. The van der Waals surface area contributed by atoms with E-state index in [-0.39, 0.29) is 12.5 Å². The summed E-state index contributed by atoms with van der Waals surface area (Å²) in [7, 11) is 0. The molecule has 0 aliphatic carbocycles. The smallest absolute Gasteiger partial charge is 0.252 e. The summed E-state index contributed by atoms with van der Waals surface area (Å²) in [6, 6.07) is 10.3. The van der Waals surface area contributed by atoms with E-state index in [9.17, 15) is 9.90 Å². The average molecular weight is 381 g/mol. The summed E-state index contributed by atoms with van der Waals surface area (Å²) in [4.78, 5) is 18.9. The van der Waals surface area contributed by atoms with Gasteiger partial charge in [0.15, 0.2) is 0 Å². The summed E-state index contributed by atoms with van der Waals surface area (Å²) in [5.74, 6) is 0.332. The van der Waals surface area contributed by atoms with Crippen LogP contribution in [0.3, 0.4) is 0 Å². The fourth-order valence-corrected chi connectivity index (χ4v) is 3.84. The fourth-order valence-electron chi connectivity index (χ4n) is 3.84. The van der Waals surface area contributed by atoms with E-state index >= 15 is 0 Å². The van der Waals surface area contributed by atoms with Gasteiger partial charge in [0.2, 0.25) is 0 Å². The van der Waals surface area contributed by atoms with Gasteiger partial charge >= 0.3 is 0 Å². The second kappa shape index (κ2) is 8.82. The van der Waals surface area contributed by atoms with Crippen molar-refractivity contribution in [3.8, 4) is 0 Å². The highest BCUT2D eigenvalue weighted by Gasteiger charge is 2.20. The van der Waals surface area contributed by atoms with E-state index in [1.54, 1.807) is 12.4 Å². The van der Waals surface area contributed by atoms with Crippen molar-refractivity contribution in [2.24, 2.45) is 5.92 Å². The highest BCUT2D eigenvalue weighted by molar-refractivity contribution is 5.94. The molecule has 1 aromatic heterocycles. The Morgan fingerprint density at radius 3 is 2.89 bits per heavy atom. The van der Waals surface area contributed by atoms with E-state index in [4.69, 9.17) is 4.74 Å². The van der Waals surface area contributed by atoms with Crippen molar-refractivity contribution < 1.29 is 14.6 Å². The van der Waals surface area contributed by atoms with Gasteiger partial charge in [-0.3, -0.25) is 14.7 Å². The lowest BCUT2D eigenvalue weighted by Crippen LogP contribution is -2.42. The maximum atomic E-state index is 12.4. The Balaban J connectivity index is 1.25. The molecule has 2 aliphatic rings. The van der Waals surface area contributed by atoms with Crippen LogP contribution in [0.1, 0.15) is 27.0 Å². The molecule has 1 aromatic carbocycles. The van der Waals surface area contributed by atoms with Crippen molar-refractivity contribution in [1.29, 1.82) is 0 Å². The number of benzene rings is 1. The Morgan fingerprint density at radius 1 is 1.29 bits per heavy atom. The first-order valence-corrected chi connectivity index (χ1v) is 9.94. The molecule has 4 rings (SSSR count). The van der Waals surface area contributed by atoms with Gasteiger partial charge in [-0.05, 0) is 35.6 Å². The topological polar surface area (TPSA) is 74.7 Å². The largest absolute Gasteiger partial charge is 0.390 e. The van der Waals surface area contributed by atoms with Crippen molar-refractivity contribution in [2.45, 2.75) is 25.5 Å². The quantitative estimate of drug-likeness (QED) is 0.759. The number of fused-ring (bicyclic) bond motifs is 1. The summed E-state index contributed by atoms with van der Waals surface area (Å²) < 4.78 is 5.20. The predicted molar refractivity (Wildman–Crippen MR) is 106 cm³/mol. The van der Waals surface area contributed by atoms with E-state index in [1.807, 2.05) is 6.07 Å². The van der Waals surface area contributed by atoms with Gasteiger partial charge in [-0.1, -0.05) is 24.3 Å². The first-order valence-electron chi connectivity index (χ1n) is 9.94. The maximum Gasteiger partial charge on any atom is 0.252 e. The molecular weight excluding hydrogens is 354 g/mol. The SMILES string of the molecule is O=C(NC[C@H](O)CN1CCc2ccccc2C1)c1cncc(CC2COC2)c1. The van der Waals surface area contributed by atoms with Crippen LogP contribution in [-0.4, -0.2) is 59.8 Å². The molecule has 2 aromatic rings. The number of aliphatic hydroxyl groups excluding tert-OH is 1. The molecule has 0 bridgehead atoms. The van der Waals surface area contributed by atoms with Crippen molar-refractivity contribution in [3.05, 3.63) is 65.0 Å². The number of aliphatic hydroxyl groups is 1. The Hall–Kier alpha value is -2.28. The Labute approximate surface area is 165 Å². The molecule has 2 aliphatic heterocycles. The minimum atomic E-state index is -0.600. The number of hydrogen-bond acceptors (Lipinski definition) is 5. The molecule has 28 heavy (non-hydrogen) atoms. The average Bonchev–Trinajstić information content (AvgIpc) is 2.69. The van der Waals surface area contributed by atoms with Gasteiger partial charge in [-0.2, -0.15) is 0 Å². The van der Waals surface area contributed by atoms with Crippen molar-refractivity contribution in [1.82, 2.24) is 15.2 Å². The molecule has 0 saturated carbocycles.